The van der Waals surface area contributed by atoms with Gasteiger partial charge in [-0.15, -0.1) is 0 Å². The summed E-state index contributed by atoms with van der Waals surface area (Å²) in [6.45, 7) is 3.97. The Hall–Kier alpha value is -2.67. The van der Waals surface area contributed by atoms with Crippen LogP contribution < -0.4 is 10.6 Å². The molecule has 7 heteroatoms. The van der Waals surface area contributed by atoms with Gasteiger partial charge in [0, 0.05) is 22.9 Å². The average Bonchev–Trinajstić information content (AvgIpc) is 3.36. The van der Waals surface area contributed by atoms with Crippen LogP contribution in [0, 0.1) is 37.5 Å². The number of ether oxygens (including phenoxy) is 1. The molecule has 3 aliphatic rings. The van der Waals surface area contributed by atoms with Crippen molar-refractivity contribution in [1.29, 1.82) is 0 Å². The van der Waals surface area contributed by atoms with Gasteiger partial charge in [-0.3, -0.25) is 14.4 Å². The van der Waals surface area contributed by atoms with Gasteiger partial charge in [-0.05, 0) is 67.6 Å². The van der Waals surface area contributed by atoms with Gasteiger partial charge in [0.25, 0.3) is 5.91 Å². The average molecular weight is 483 g/mol. The summed E-state index contributed by atoms with van der Waals surface area (Å²) in [5.74, 6) is -1.10. The van der Waals surface area contributed by atoms with Crippen LogP contribution in [0.5, 0.6) is 0 Å². The number of hydrogen-bond donors (Lipinski definition) is 2. The second kappa shape index (κ2) is 7.48. The number of carbonyl (C=O) groups is 3. The summed E-state index contributed by atoms with van der Waals surface area (Å²) in [7, 11) is 0. The number of nitrogens with one attached hydrogen (secondary N) is 2. The van der Waals surface area contributed by atoms with E-state index in [-0.39, 0.29) is 52.4 Å². The number of alkyl halides is 1. The Morgan fingerprint density at radius 1 is 1.03 bits per heavy atom. The van der Waals surface area contributed by atoms with Crippen LogP contribution in [0.1, 0.15) is 27.9 Å². The van der Waals surface area contributed by atoms with Gasteiger partial charge in [0.2, 0.25) is 5.91 Å². The van der Waals surface area contributed by atoms with Gasteiger partial charge in [-0.2, -0.15) is 0 Å². The molecule has 1 saturated heterocycles. The highest BCUT2D eigenvalue weighted by Crippen LogP contribution is 2.60. The van der Waals surface area contributed by atoms with Crippen LogP contribution in [0.4, 0.5) is 11.4 Å². The van der Waals surface area contributed by atoms with E-state index in [1.165, 1.54) is 0 Å². The first kappa shape index (κ1) is 20.2. The quantitative estimate of drug-likeness (QED) is 0.508. The number of benzene rings is 2. The Bertz CT molecular complexity index is 1080. The Balaban J connectivity index is 1.26. The molecule has 31 heavy (non-hydrogen) atoms. The minimum atomic E-state index is -0.382. The zero-order valence-electron chi connectivity index (χ0n) is 17.2. The minimum absolute atomic E-state index is 0.0344. The first-order valence-corrected chi connectivity index (χ1v) is 11.4. The lowest BCUT2D eigenvalue weighted by molar-refractivity contribution is -0.145. The molecule has 2 aromatic carbocycles. The second-order valence-electron chi connectivity index (χ2n) is 8.73. The molecule has 6 atom stereocenters. The lowest BCUT2D eigenvalue weighted by Crippen LogP contribution is -2.40. The number of amides is 2. The highest BCUT2D eigenvalue weighted by atomic mass is 79.9. The van der Waals surface area contributed by atoms with Gasteiger partial charge in [-0.1, -0.05) is 28.1 Å². The Morgan fingerprint density at radius 3 is 2.52 bits per heavy atom. The van der Waals surface area contributed by atoms with Crippen molar-refractivity contribution in [3.05, 3.63) is 59.2 Å². The van der Waals surface area contributed by atoms with Gasteiger partial charge in [0.1, 0.15) is 6.10 Å². The molecule has 2 aromatic rings. The second-order valence-corrected chi connectivity index (χ2v) is 9.79. The largest absolute Gasteiger partial charge is 0.461 e. The van der Waals surface area contributed by atoms with Crippen LogP contribution in [0.3, 0.4) is 0 Å². The van der Waals surface area contributed by atoms with Crippen molar-refractivity contribution in [1.82, 2.24) is 0 Å². The molecule has 2 N–H and O–H groups in total. The summed E-state index contributed by atoms with van der Waals surface area (Å²) >= 11 is 3.63. The molecule has 2 aliphatic carbocycles. The topological polar surface area (TPSA) is 84.5 Å². The maximum atomic E-state index is 13.0. The molecule has 2 saturated carbocycles. The van der Waals surface area contributed by atoms with E-state index < -0.39 is 0 Å². The minimum Gasteiger partial charge on any atom is -0.461 e. The number of esters is 1. The summed E-state index contributed by atoms with van der Waals surface area (Å²) in [6.07, 6.45) is 0.744. The predicted molar refractivity (Wildman–Crippen MR) is 120 cm³/mol. The predicted octanol–water partition coefficient (Wildman–Crippen LogP) is 4.07. The highest BCUT2D eigenvalue weighted by Gasteiger charge is 2.67. The van der Waals surface area contributed by atoms with Crippen molar-refractivity contribution in [2.45, 2.75) is 31.2 Å². The van der Waals surface area contributed by atoms with E-state index in [0.29, 0.717) is 11.3 Å². The normalized spacial score (nSPS) is 30.2. The summed E-state index contributed by atoms with van der Waals surface area (Å²) in [4.78, 5) is 37.9. The van der Waals surface area contributed by atoms with E-state index in [9.17, 15) is 14.4 Å². The van der Waals surface area contributed by atoms with Gasteiger partial charge in [0.15, 0.2) is 0 Å². The van der Waals surface area contributed by atoms with Crippen molar-refractivity contribution >= 4 is 45.1 Å². The number of halogens is 1. The molecular formula is C24H23BrN2O4. The molecule has 2 bridgehead atoms. The van der Waals surface area contributed by atoms with Crippen molar-refractivity contribution in [3.8, 4) is 0 Å². The van der Waals surface area contributed by atoms with E-state index >= 15 is 0 Å². The summed E-state index contributed by atoms with van der Waals surface area (Å²) in [5, 5.41) is 5.86. The SMILES string of the molecule is Cc1cccc(NC(=O)c2ccc(NC(=O)[C@@H]3[C@H]4C[C@H]5[C@H](OC(=O)[C@H]53)[C@H]4Br)cc2)c1C. The molecule has 0 aromatic heterocycles. The summed E-state index contributed by atoms with van der Waals surface area (Å²) < 4.78 is 5.48. The van der Waals surface area contributed by atoms with Gasteiger partial charge >= 0.3 is 5.97 Å². The van der Waals surface area contributed by atoms with E-state index in [1.54, 1.807) is 24.3 Å². The van der Waals surface area contributed by atoms with Crippen molar-refractivity contribution in [2.24, 2.45) is 23.7 Å². The van der Waals surface area contributed by atoms with Gasteiger partial charge < -0.3 is 15.4 Å². The number of rotatable bonds is 4. The standard InChI is InChI=1S/C24H23BrN2O4/c1-11-4-3-5-17(12(11)2)27-22(28)13-6-8-14(9-7-13)26-23(29)18-15-10-16-19(18)24(30)31-21(16)20(15)25/h3-9,15-16,18-21H,10H2,1-2H3,(H,26,29)(H,27,28)/t15-,16-,18-,19-,20+,21+/m1/s1. The molecule has 3 fully saturated rings. The van der Waals surface area contributed by atoms with Crippen molar-refractivity contribution in [3.63, 3.8) is 0 Å². The van der Waals surface area contributed by atoms with Crippen molar-refractivity contribution in [2.75, 3.05) is 10.6 Å². The Labute approximate surface area is 188 Å². The number of hydrogen-bond acceptors (Lipinski definition) is 4. The Kier molecular flexibility index (Phi) is 4.88. The van der Waals surface area contributed by atoms with E-state index in [4.69, 9.17) is 4.74 Å². The fraction of sp³-hybridized carbons (Fsp3) is 0.375. The number of carbonyl (C=O) groups excluding carboxylic acids is 3. The third-order valence-corrected chi connectivity index (χ3v) is 8.29. The van der Waals surface area contributed by atoms with Crippen molar-refractivity contribution < 1.29 is 19.1 Å². The zero-order chi connectivity index (χ0) is 21.9. The van der Waals surface area contributed by atoms with E-state index in [2.05, 4.69) is 26.6 Å². The van der Waals surface area contributed by atoms with E-state index in [0.717, 1.165) is 23.2 Å². The molecule has 6 nitrogen and oxygen atoms in total. The fourth-order valence-corrected chi connectivity index (χ4v) is 6.39. The molecule has 1 heterocycles. The monoisotopic (exact) mass is 482 g/mol. The molecule has 160 valence electrons. The molecule has 1 aliphatic heterocycles. The van der Waals surface area contributed by atoms with Crippen LogP contribution >= 0.6 is 15.9 Å². The zero-order valence-corrected chi connectivity index (χ0v) is 18.8. The van der Waals surface area contributed by atoms with Crippen LogP contribution in [-0.4, -0.2) is 28.7 Å². The molecule has 0 radical (unpaired) electrons. The fourth-order valence-electron chi connectivity index (χ4n) is 5.34. The molecule has 0 spiro atoms. The van der Waals surface area contributed by atoms with Crippen LogP contribution in [0.25, 0.3) is 0 Å². The van der Waals surface area contributed by atoms with Gasteiger partial charge in [-0.25, -0.2) is 0 Å². The lowest BCUT2D eigenvalue weighted by Gasteiger charge is -2.27. The number of aryl methyl sites for hydroxylation is 1. The number of anilines is 2. The van der Waals surface area contributed by atoms with Crippen LogP contribution in [-0.2, 0) is 14.3 Å². The summed E-state index contributed by atoms with van der Waals surface area (Å²) in [6, 6.07) is 12.6. The van der Waals surface area contributed by atoms with Crippen LogP contribution in [0.2, 0.25) is 0 Å². The third-order valence-electron chi connectivity index (χ3n) is 7.09. The molecule has 2 amide bonds. The summed E-state index contributed by atoms with van der Waals surface area (Å²) in [5.41, 5.74) is 4.03. The van der Waals surface area contributed by atoms with Crippen LogP contribution in [0.15, 0.2) is 42.5 Å². The third kappa shape index (κ3) is 3.26. The van der Waals surface area contributed by atoms with E-state index in [1.807, 2.05) is 32.0 Å². The number of fused-ring (bicyclic) bond motifs is 1. The maximum Gasteiger partial charge on any atom is 0.310 e. The molecule has 5 rings (SSSR count). The molecular weight excluding hydrogens is 460 g/mol. The first-order chi connectivity index (χ1) is 14.8. The Morgan fingerprint density at radius 2 is 1.77 bits per heavy atom. The van der Waals surface area contributed by atoms with Gasteiger partial charge in [0.05, 0.1) is 16.7 Å². The smallest absolute Gasteiger partial charge is 0.310 e. The molecule has 0 unspecified atom stereocenters. The lowest BCUT2D eigenvalue weighted by atomic mass is 9.79. The highest BCUT2D eigenvalue weighted by molar-refractivity contribution is 9.09. The maximum absolute atomic E-state index is 13.0. The first-order valence-electron chi connectivity index (χ1n) is 10.5.